The maximum absolute atomic E-state index is 4.66. The average molecular weight is 370 g/mol. The molecule has 0 radical (unpaired) electrons. The average Bonchev–Trinajstić information content (AvgIpc) is 3.33. The lowest BCUT2D eigenvalue weighted by atomic mass is 9.99. The van der Waals surface area contributed by atoms with Crippen molar-refractivity contribution in [3.05, 3.63) is 72.5 Å². The molecule has 0 amide bonds. The Kier molecular flexibility index (Phi) is 4.25. The van der Waals surface area contributed by atoms with Gasteiger partial charge in [0.05, 0.1) is 5.69 Å². The van der Waals surface area contributed by atoms with Crippen molar-refractivity contribution in [3.8, 4) is 11.3 Å². The molecule has 28 heavy (non-hydrogen) atoms. The summed E-state index contributed by atoms with van der Waals surface area (Å²) >= 11 is 0. The van der Waals surface area contributed by atoms with Gasteiger partial charge in [-0.3, -0.25) is 14.6 Å². The molecule has 4 aromatic heterocycles. The minimum absolute atomic E-state index is 0.886. The van der Waals surface area contributed by atoms with E-state index in [4.69, 9.17) is 0 Å². The first-order chi connectivity index (χ1) is 13.8. The second kappa shape index (κ2) is 7.05. The third-order valence-electron chi connectivity index (χ3n) is 5.32. The first-order valence-corrected chi connectivity index (χ1v) is 9.55. The number of nitrogens with zero attached hydrogens (tertiary/aromatic N) is 5. The van der Waals surface area contributed by atoms with Crippen LogP contribution in [-0.2, 0) is 13.6 Å². The number of aromatic amines is 1. The van der Waals surface area contributed by atoms with Crippen LogP contribution in [-0.4, -0.2) is 42.7 Å². The zero-order valence-electron chi connectivity index (χ0n) is 15.8. The lowest BCUT2D eigenvalue weighted by Crippen LogP contribution is -2.28. The van der Waals surface area contributed by atoms with Crippen LogP contribution in [0.4, 0.5) is 0 Å². The Balaban J connectivity index is 1.36. The van der Waals surface area contributed by atoms with Crippen molar-refractivity contribution in [1.82, 2.24) is 29.6 Å². The molecule has 0 saturated carbocycles. The normalized spacial score (nSPS) is 15.1. The molecule has 0 unspecified atom stereocenters. The molecule has 5 rings (SSSR count). The Morgan fingerprint density at radius 3 is 2.93 bits per heavy atom. The molecule has 1 aliphatic rings. The minimum Gasteiger partial charge on any atom is -0.346 e. The Hall–Kier alpha value is -3.25. The van der Waals surface area contributed by atoms with Crippen molar-refractivity contribution >= 4 is 16.6 Å². The van der Waals surface area contributed by atoms with E-state index in [1.807, 2.05) is 36.3 Å². The van der Waals surface area contributed by atoms with Crippen LogP contribution in [0.25, 0.3) is 27.9 Å². The molecule has 0 bridgehead atoms. The number of fused-ring (bicyclic) bond motifs is 1. The summed E-state index contributed by atoms with van der Waals surface area (Å²) < 4.78 is 1.89. The van der Waals surface area contributed by atoms with Gasteiger partial charge in [-0.15, -0.1) is 0 Å². The second-order valence-electron chi connectivity index (χ2n) is 7.23. The maximum Gasteiger partial charge on any atom is 0.137 e. The number of H-pyrrole nitrogens is 1. The Morgan fingerprint density at radius 2 is 2.11 bits per heavy atom. The van der Waals surface area contributed by atoms with E-state index >= 15 is 0 Å². The quantitative estimate of drug-likeness (QED) is 0.596. The summed E-state index contributed by atoms with van der Waals surface area (Å²) in [7, 11) is 1.97. The molecular formula is C22H22N6. The predicted octanol–water partition coefficient (Wildman–Crippen LogP) is 3.65. The van der Waals surface area contributed by atoms with Crippen LogP contribution in [0.1, 0.15) is 17.5 Å². The fourth-order valence-corrected chi connectivity index (χ4v) is 3.96. The van der Waals surface area contributed by atoms with E-state index in [2.05, 4.69) is 55.6 Å². The van der Waals surface area contributed by atoms with Gasteiger partial charge in [0, 0.05) is 79.7 Å². The third kappa shape index (κ3) is 3.12. The Labute approximate surface area is 163 Å². The van der Waals surface area contributed by atoms with Crippen molar-refractivity contribution < 1.29 is 0 Å². The first-order valence-electron chi connectivity index (χ1n) is 9.55. The smallest absolute Gasteiger partial charge is 0.137 e. The molecule has 0 aromatic carbocycles. The van der Waals surface area contributed by atoms with E-state index in [1.165, 1.54) is 22.1 Å². The summed E-state index contributed by atoms with van der Waals surface area (Å²) in [5.74, 6) is 0. The number of aromatic nitrogens is 5. The highest BCUT2D eigenvalue weighted by Crippen LogP contribution is 2.29. The highest BCUT2D eigenvalue weighted by molar-refractivity contribution is 5.90. The van der Waals surface area contributed by atoms with Crippen LogP contribution in [0.2, 0.25) is 0 Å². The standard InChI is InChI=1S/C22H22N6/c1-27-14-18(21(26-27)17-4-2-8-23-12-17)15-28-10-6-16(7-11-28)20-13-25-22-19(20)5-3-9-24-22/h2-6,8-9,12-14H,7,10-11,15H2,1H3,(H,24,25). The van der Waals surface area contributed by atoms with Crippen LogP contribution < -0.4 is 0 Å². The molecule has 0 aliphatic carbocycles. The molecule has 5 heterocycles. The van der Waals surface area contributed by atoms with Gasteiger partial charge in [0.25, 0.3) is 0 Å². The van der Waals surface area contributed by atoms with E-state index in [1.54, 1.807) is 6.20 Å². The first kappa shape index (κ1) is 16.9. The third-order valence-corrected chi connectivity index (χ3v) is 5.32. The van der Waals surface area contributed by atoms with Gasteiger partial charge < -0.3 is 4.98 Å². The minimum atomic E-state index is 0.886. The largest absolute Gasteiger partial charge is 0.346 e. The van der Waals surface area contributed by atoms with Gasteiger partial charge in [0.1, 0.15) is 5.65 Å². The zero-order valence-corrected chi connectivity index (χ0v) is 15.8. The fourth-order valence-electron chi connectivity index (χ4n) is 3.96. The lowest BCUT2D eigenvalue weighted by molar-refractivity contribution is 0.294. The summed E-state index contributed by atoms with van der Waals surface area (Å²) in [6.45, 7) is 2.85. The maximum atomic E-state index is 4.66. The van der Waals surface area contributed by atoms with Crippen molar-refractivity contribution in [2.45, 2.75) is 13.0 Å². The van der Waals surface area contributed by atoms with Crippen molar-refractivity contribution in [1.29, 1.82) is 0 Å². The predicted molar refractivity (Wildman–Crippen MR) is 110 cm³/mol. The highest BCUT2D eigenvalue weighted by Gasteiger charge is 2.18. The number of nitrogens with one attached hydrogen (secondary N) is 1. The summed E-state index contributed by atoms with van der Waals surface area (Å²) in [6, 6.07) is 8.16. The zero-order chi connectivity index (χ0) is 18.9. The second-order valence-corrected chi connectivity index (χ2v) is 7.23. The van der Waals surface area contributed by atoms with Gasteiger partial charge in [0.15, 0.2) is 0 Å². The molecular weight excluding hydrogens is 348 g/mol. The van der Waals surface area contributed by atoms with Gasteiger partial charge in [-0.2, -0.15) is 5.10 Å². The van der Waals surface area contributed by atoms with Gasteiger partial charge >= 0.3 is 0 Å². The summed E-state index contributed by atoms with van der Waals surface area (Å²) in [4.78, 5) is 14.4. The lowest BCUT2D eigenvalue weighted by Gasteiger charge is -2.26. The van der Waals surface area contributed by atoms with Gasteiger partial charge in [-0.25, -0.2) is 4.98 Å². The van der Waals surface area contributed by atoms with E-state index in [0.29, 0.717) is 0 Å². The van der Waals surface area contributed by atoms with E-state index in [-0.39, 0.29) is 0 Å². The monoisotopic (exact) mass is 370 g/mol. The Morgan fingerprint density at radius 1 is 1.18 bits per heavy atom. The van der Waals surface area contributed by atoms with Crippen LogP contribution >= 0.6 is 0 Å². The summed E-state index contributed by atoms with van der Waals surface area (Å²) in [5, 5.41) is 5.86. The number of pyridine rings is 2. The molecule has 0 atom stereocenters. The molecule has 6 nitrogen and oxygen atoms in total. The van der Waals surface area contributed by atoms with Crippen molar-refractivity contribution in [2.24, 2.45) is 7.05 Å². The number of hydrogen-bond donors (Lipinski definition) is 1. The van der Waals surface area contributed by atoms with Crippen LogP contribution in [0.5, 0.6) is 0 Å². The molecule has 0 spiro atoms. The van der Waals surface area contributed by atoms with Crippen molar-refractivity contribution in [3.63, 3.8) is 0 Å². The number of hydrogen-bond acceptors (Lipinski definition) is 4. The molecule has 140 valence electrons. The van der Waals surface area contributed by atoms with E-state index in [0.717, 1.165) is 43.0 Å². The van der Waals surface area contributed by atoms with Crippen LogP contribution in [0.15, 0.2) is 61.3 Å². The molecule has 1 N–H and O–H groups in total. The van der Waals surface area contributed by atoms with Crippen molar-refractivity contribution in [2.75, 3.05) is 13.1 Å². The van der Waals surface area contributed by atoms with E-state index < -0.39 is 0 Å². The van der Waals surface area contributed by atoms with E-state index in [9.17, 15) is 0 Å². The summed E-state index contributed by atoms with van der Waals surface area (Å²) in [5.41, 5.74) is 6.96. The highest BCUT2D eigenvalue weighted by atomic mass is 15.3. The topological polar surface area (TPSA) is 62.6 Å². The number of rotatable bonds is 4. The van der Waals surface area contributed by atoms with Crippen LogP contribution in [0, 0.1) is 0 Å². The molecule has 4 aromatic rings. The van der Waals surface area contributed by atoms with Gasteiger partial charge in [0.2, 0.25) is 0 Å². The van der Waals surface area contributed by atoms with Crippen LogP contribution in [0.3, 0.4) is 0 Å². The molecule has 0 saturated heterocycles. The van der Waals surface area contributed by atoms with Gasteiger partial charge in [-0.1, -0.05) is 6.08 Å². The molecule has 6 heteroatoms. The number of aryl methyl sites for hydroxylation is 1. The SMILES string of the molecule is Cn1cc(CN2CC=C(c3c[nH]c4ncccc34)CC2)c(-c2cccnc2)n1. The van der Waals surface area contributed by atoms with Gasteiger partial charge in [-0.05, 0) is 36.3 Å². The fraction of sp³-hybridized carbons (Fsp3) is 0.227. The molecule has 0 fully saturated rings. The Bertz CT molecular complexity index is 1140. The molecule has 1 aliphatic heterocycles. The summed E-state index contributed by atoms with van der Waals surface area (Å²) in [6.07, 6.45) is 13.1.